The molecule has 0 aromatic heterocycles. The van der Waals surface area contributed by atoms with Crippen molar-refractivity contribution in [2.45, 2.75) is 65.9 Å². The summed E-state index contributed by atoms with van der Waals surface area (Å²) in [5.41, 5.74) is -0.713. The van der Waals surface area contributed by atoms with E-state index in [9.17, 15) is 24.6 Å². The van der Waals surface area contributed by atoms with Crippen LogP contribution in [0, 0.1) is 23.2 Å². The Labute approximate surface area is 191 Å². The van der Waals surface area contributed by atoms with Crippen LogP contribution < -0.4 is 0 Å². The second-order valence-electron chi connectivity index (χ2n) is 9.32. The van der Waals surface area contributed by atoms with Crippen LogP contribution in [0.1, 0.15) is 59.8 Å². The van der Waals surface area contributed by atoms with Crippen LogP contribution in [-0.4, -0.2) is 60.8 Å². The van der Waals surface area contributed by atoms with Crippen LogP contribution in [0.4, 0.5) is 0 Å². The molecule has 0 radical (unpaired) electrons. The third kappa shape index (κ3) is 9.76. The van der Waals surface area contributed by atoms with Crippen molar-refractivity contribution >= 4 is 18.0 Å². The van der Waals surface area contributed by atoms with Crippen LogP contribution in [0.5, 0.6) is 0 Å². The molecular weight excluding hydrogens is 412 g/mol. The predicted molar refractivity (Wildman–Crippen MR) is 122 cm³/mol. The van der Waals surface area contributed by atoms with Gasteiger partial charge in [0.05, 0.1) is 25.9 Å². The Bertz CT molecular complexity index is 655. The molecule has 1 aliphatic carbocycles. The van der Waals surface area contributed by atoms with Gasteiger partial charge in [-0.25, -0.2) is 0 Å². The number of ether oxygens (including phenoxy) is 2. The molecule has 2 N–H and O–H groups in total. The smallest absolute Gasteiger partial charge is 0.316 e. The molecule has 1 rings (SSSR count). The second kappa shape index (κ2) is 14.3. The third-order valence-corrected chi connectivity index (χ3v) is 6.10. The van der Waals surface area contributed by atoms with E-state index >= 15 is 0 Å². The molecule has 0 spiro atoms. The minimum atomic E-state index is -1.28. The van der Waals surface area contributed by atoms with Crippen LogP contribution in [0.25, 0.3) is 0 Å². The third-order valence-electron chi connectivity index (χ3n) is 6.10. The van der Waals surface area contributed by atoms with Crippen molar-refractivity contribution in [1.29, 1.82) is 0 Å². The van der Waals surface area contributed by atoms with E-state index in [1.54, 1.807) is 26.0 Å². The van der Waals surface area contributed by atoms with Gasteiger partial charge in [0.15, 0.2) is 5.78 Å². The summed E-state index contributed by atoms with van der Waals surface area (Å²) >= 11 is 0. The number of ketones is 1. The molecule has 7 heteroatoms. The SMILES string of the molecule is C/C(C=O)=C\[C@@H](C)C(=O)/C=C/[C@H](C)CC1CCC(OCCOC(=O)C(C)(CO)CO)CC1. The molecule has 0 saturated heterocycles. The summed E-state index contributed by atoms with van der Waals surface area (Å²) in [7, 11) is 0. The lowest BCUT2D eigenvalue weighted by Gasteiger charge is -2.29. The highest BCUT2D eigenvalue weighted by atomic mass is 16.6. The van der Waals surface area contributed by atoms with Crippen LogP contribution in [-0.2, 0) is 23.9 Å². The molecule has 0 aromatic carbocycles. The van der Waals surface area contributed by atoms with Gasteiger partial charge in [0, 0.05) is 5.92 Å². The van der Waals surface area contributed by atoms with E-state index in [1.165, 1.54) is 6.92 Å². The predicted octanol–water partition coefficient (Wildman–Crippen LogP) is 3.03. The monoisotopic (exact) mass is 452 g/mol. The van der Waals surface area contributed by atoms with Gasteiger partial charge in [-0.2, -0.15) is 0 Å². The van der Waals surface area contributed by atoms with E-state index in [-0.39, 0.29) is 24.4 Å². The van der Waals surface area contributed by atoms with Crippen molar-refractivity contribution < 1.29 is 34.1 Å². The normalized spacial score (nSPS) is 21.9. The molecule has 1 saturated carbocycles. The Morgan fingerprint density at radius 2 is 1.72 bits per heavy atom. The molecule has 0 heterocycles. The molecule has 0 aromatic rings. The van der Waals surface area contributed by atoms with Gasteiger partial charge in [-0.1, -0.05) is 26.0 Å². The van der Waals surface area contributed by atoms with E-state index in [1.807, 2.05) is 6.08 Å². The number of carbonyl (C=O) groups is 3. The van der Waals surface area contributed by atoms with Crippen molar-refractivity contribution in [1.82, 2.24) is 0 Å². The van der Waals surface area contributed by atoms with Gasteiger partial charge in [0.1, 0.15) is 18.3 Å². The van der Waals surface area contributed by atoms with Crippen LogP contribution in [0.3, 0.4) is 0 Å². The van der Waals surface area contributed by atoms with Gasteiger partial charge in [0.25, 0.3) is 0 Å². The first-order valence-corrected chi connectivity index (χ1v) is 11.5. The van der Waals surface area contributed by atoms with Gasteiger partial charge >= 0.3 is 5.97 Å². The average Bonchev–Trinajstić information content (AvgIpc) is 2.80. The van der Waals surface area contributed by atoms with Gasteiger partial charge in [-0.3, -0.25) is 14.4 Å². The van der Waals surface area contributed by atoms with E-state index in [0.717, 1.165) is 38.4 Å². The fourth-order valence-corrected chi connectivity index (χ4v) is 3.77. The Balaban J connectivity index is 2.28. The van der Waals surface area contributed by atoms with Crippen molar-refractivity contribution in [3.63, 3.8) is 0 Å². The number of aliphatic hydroxyl groups excluding tert-OH is 2. The molecule has 182 valence electrons. The summed E-state index contributed by atoms with van der Waals surface area (Å²) < 4.78 is 10.9. The maximum atomic E-state index is 12.2. The number of aliphatic hydroxyl groups is 2. The summed E-state index contributed by atoms with van der Waals surface area (Å²) in [6.07, 6.45) is 11.2. The Morgan fingerprint density at radius 1 is 1.09 bits per heavy atom. The van der Waals surface area contributed by atoms with E-state index in [2.05, 4.69) is 6.92 Å². The quantitative estimate of drug-likeness (QED) is 0.180. The van der Waals surface area contributed by atoms with Gasteiger partial charge < -0.3 is 19.7 Å². The topological polar surface area (TPSA) is 110 Å². The number of hydrogen-bond donors (Lipinski definition) is 2. The maximum Gasteiger partial charge on any atom is 0.316 e. The highest BCUT2D eigenvalue weighted by molar-refractivity contribution is 5.93. The van der Waals surface area contributed by atoms with Crippen molar-refractivity contribution in [3.8, 4) is 0 Å². The van der Waals surface area contributed by atoms with E-state index < -0.39 is 24.6 Å². The summed E-state index contributed by atoms with van der Waals surface area (Å²) in [6.45, 7) is 6.52. The number of carbonyl (C=O) groups excluding carboxylic acids is 3. The number of esters is 1. The highest BCUT2D eigenvalue weighted by Gasteiger charge is 2.33. The zero-order valence-electron chi connectivity index (χ0n) is 19.9. The van der Waals surface area contributed by atoms with E-state index in [4.69, 9.17) is 9.47 Å². The summed E-state index contributed by atoms with van der Waals surface area (Å²) in [5, 5.41) is 18.4. The van der Waals surface area contributed by atoms with Gasteiger partial charge in [-0.15, -0.1) is 0 Å². The number of allylic oxidation sites excluding steroid dienone is 4. The zero-order chi connectivity index (χ0) is 24.1. The van der Waals surface area contributed by atoms with Crippen molar-refractivity contribution in [2.75, 3.05) is 26.4 Å². The molecule has 7 nitrogen and oxygen atoms in total. The first-order chi connectivity index (χ1) is 15.1. The zero-order valence-corrected chi connectivity index (χ0v) is 19.9. The van der Waals surface area contributed by atoms with Crippen LogP contribution >= 0.6 is 0 Å². The van der Waals surface area contributed by atoms with Crippen molar-refractivity contribution in [2.24, 2.45) is 23.2 Å². The minimum Gasteiger partial charge on any atom is -0.463 e. The van der Waals surface area contributed by atoms with Gasteiger partial charge in [0.2, 0.25) is 0 Å². The average molecular weight is 453 g/mol. The lowest BCUT2D eigenvalue weighted by molar-refractivity contribution is -0.162. The number of rotatable bonds is 14. The van der Waals surface area contributed by atoms with Crippen LogP contribution in [0.15, 0.2) is 23.8 Å². The lowest BCUT2D eigenvalue weighted by atomic mass is 9.82. The maximum absolute atomic E-state index is 12.2. The first kappa shape index (κ1) is 28.2. The molecule has 0 aliphatic heterocycles. The second-order valence-corrected chi connectivity index (χ2v) is 9.32. The van der Waals surface area contributed by atoms with Crippen molar-refractivity contribution in [3.05, 3.63) is 23.8 Å². The van der Waals surface area contributed by atoms with Gasteiger partial charge in [-0.05, 0) is 69.4 Å². The highest BCUT2D eigenvalue weighted by Crippen LogP contribution is 2.31. The summed E-state index contributed by atoms with van der Waals surface area (Å²) in [6, 6.07) is 0. The number of hydrogen-bond acceptors (Lipinski definition) is 7. The fourth-order valence-electron chi connectivity index (χ4n) is 3.77. The molecule has 1 fully saturated rings. The largest absolute Gasteiger partial charge is 0.463 e. The summed E-state index contributed by atoms with van der Waals surface area (Å²) in [5.74, 6) is -0.0197. The molecular formula is C25H40O7. The first-order valence-electron chi connectivity index (χ1n) is 11.5. The standard InChI is InChI=1S/C25H40O7/c1-18(5-10-23(29)20(3)13-19(2)15-26)14-21-6-8-22(9-7-21)31-11-12-32-24(30)25(4,16-27)17-28/h5,10,13,15,18,20-22,27-28H,6-9,11-12,14,16-17H2,1-4H3/b10-5+,19-13+/t18-,20+,21?,22?/m0/s1. The Morgan fingerprint density at radius 3 is 2.28 bits per heavy atom. The number of aldehydes is 1. The fraction of sp³-hybridized carbons (Fsp3) is 0.720. The Hall–Kier alpha value is -1.83. The molecule has 0 unspecified atom stereocenters. The Kier molecular flexibility index (Phi) is 12.6. The molecule has 32 heavy (non-hydrogen) atoms. The summed E-state index contributed by atoms with van der Waals surface area (Å²) in [4.78, 5) is 34.7. The molecule has 2 atom stereocenters. The molecule has 0 amide bonds. The minimum absolute atomic E-state index is 0.00847. The van der Waals surface area contributed by atoms with E-state index in [0.29, 0.717) is 24.0 Å². The van der Waals surface area contributed by atoms with Crippen LogP contribution in [0.2, 0.25) is 0 Å². The molecule has 0 bridgehead atoms. The molecule has 1 aliphatic rings. The lowest BCUT2D eigenvalue weighted by Crippen LogP contribution is -2.37.